The molecule has 0 aliphatic carbocycles. The number of nitrogens with zero attached hydrogens (tertiary/aromatic N) is 1. The van der Waals surface area contributed by atoms with Crippen molar-refractivity contribution in [1.29, 1.82) is 0 Å². The molecule has 0 aliphatic rings. The van der Waals surface area contributed by atoms with Crippen molar-refractivity contribution in [2.24, 2.45) is 5.92 Å². The number of methoxy groups -OCH3 is 1. The fourth-order valence-electron chi connectivity index (χ4n) is 4.60. The minimum atomic E-state index is -0.908. The molecule has 2 unspecified atom stereocenters. The van der Waals surface area contributed by atoms with Gasteiger partial charge in [0.1, 0.15) is 23.4 Å². The van der Waals surface area contributed by atoms with Crippen LogP contribution in [-0.2, 0) is 14.3 Å². The monoisotopic (exact) mass is 553 g/mol. The van der Waals surface area contributed by atoms with E-state index in [1.165, 1.54) is 0 Å². The number of hydrogen-bond acceptors (Lipinski definition) is 5. The van der Waals surface area contributed by atoms with Gasteiger partial charge in [-0.1, -0.05) is 51.8 Å². The number of anilines is 1. The van der Waals surface area contributed by atoms with Gasteiger partial charge in [-0.15, -0.1) is 0 Å². The van der Waals surface area contributed by atoms with Gasteiger partial charge in [-0.3, -0.25) is 9.59 Å². The van der Waals surface area contributed by atoms with Crippen LogP contribution in [0.3, 0.4) is 0 Å². The zero-order valence-electron chi connectivity index (χ0n) is 25.6. The molecule has 3 amide bonds. The lowest BCUT2D eigenvalue weighted by Gasteiger charge is -2.36. The summed E-state index contributed by atoms with van der Waals surface area (Å²) < 4.78 is 10.7. The average Bonchev–Trinajstić information content (AvgIpc) is 2.87. The van der Waals surface area contributed by atoms with Crippen molar-refractivity contribution in [2.45, 2.75) is 92.3 Å². The summed E-state index contributed by atoms with van der Waals surface area (Å²) in [4.78, 5) is 42.8. The van der Waals surface area contributed by atoms with Gasteiger partial charge in [0.25, 0.3) is 5.91 Å². The first kappa shape index (κ1) is 32.7. The first-order chi connectivity index (χ1) is 18.8. The summed E-state index contributed by atoms with van der Waals surface area (Å²) in [7, 11) is 1.58. The lowest BCUT2D eigenvalue weighted by Crippen LogP contribution is -2.54. The van der Waals surface area contributed by atoms with Crippen LogP contribution in [0.25, 0.3) is 0 Å². The number of carbonyl (C=O) groups is 3. The number of unbranched alkanes of at least 4 members (excludes halogenated alkanes) is 2. The third kappa shape index (κ3) is 9.28. The highest BCUT2D eigenvalue weighted by Gasteiger charge is 2.38. The molecule has 40 heavy (non-hydrogen) atoms. The van der Waals surface area contributed by atoms with Crippen molar-refractivity contribution in [3.8, 4) is 5.75 Å². The van der Waals surface area contributed by atoms with Crippen molar-refractivity contribution < 1.29 is 23.9 Å². The molecule has 0 saturated carbocycles. The Morgan fingerprint density at radius 2 is 1.55 bits per heavy atom. The van der Waals surface area contributed by atoms with Gasteiger partial charge in [0, 0.05) is 12.2 Å². The molecule has 8 heteroatoms. The Bertz CT molecular complexity index is 1120. The minimum Gasteiger partial charge on any atom is -0.497 e. The zero-order chi connectivity index (χ0) is 30.0. The largest absolute Gasteiger partial charge is 0.497 e. The van der Waals surface area contributed by atoms with E-state index >= 15 is 0 Å². The number of benzene rings is 2. The van der Waals surface area contributed by atoms with E-state index < -0.39 is 23.8 Å². The van der Waals surface area contributed by atoms with Gasteiger partial charge in [0.05, 0.1) is 7.11 Å². The number of carbonyl (C=O) groups excluding carboxylic acids is 3. The van der Waals surface area contributed by atoms with Crippen LogP contribution in [0.4, 0.5) is 10.5 Å². The molecule has 2 rings (SSSR count). The van der Waals surface area contributed by atoms with Crippen LogP contribution in [0.15, 0.2) is 42.5 Å². The number of hydrogen-bond donors (Lipinski definition) is 2. The normalized spacial score (nSPS) is 12.8. The summed E-state index contributed by atoms with van der Waals surface area (Å²) in [5.74, 6) is -0.215. The SMILES string of the molecule is CCCCCN(C(=O)C(NC(=O)OC(C)(C)C)C(C)C)C(C(=O)Nc1ccc(OC)cc1)c1c(C)cccc1C. The summed E-state index contributed by atoms with van der Waals surface area (Å²) in [5.41, 5.74) is 2.47. The van der Waals surface area contributed by atoms with Crippen LogP contribution in [0, 0.1) is 19.8 Å². The minimum absolute atomic E-state index is 0.239. The second-order valence-corrected chi connectivity index (χ2v) is 11.5. The summed E-state index contributed by atoms with van der Waals surface area (Å²) in [6, 6.07) is 11.1. The molecule has 0 aromatic heterocycles. The number of nitrogens with one attached hydrogen (secondary N) is 2. The highest BCUT2D eigenvalue weighted by atomic mass is 16.6. The summed E-state index contributed by atoms with van der Waals surface area (Å²) >= 11 is 0. The second-order valence-electron chi connectivity index (χ2n) is 11.5. The fraction of sp³-hybridized carbons (Fsp3) is 0.531. The molecule has 0 aliphatic heterocycles. The molecule has 0 bridgehead atoms. The molecular formula is C32H47N3O5. The smallest absolute Gasteiger partial charge is 0.408 e. The highest BCUT2D eigenvalue weighted by molar-refractivity contribution is 5.99. The van der Waals surface area contributed by atoms with Crippen LogP contribution >= 0.6 is 0 Å². The number of rotatable bonds is 12. The standard InChI is InChI=1S/C32H47N3O5/c1-10-11-12-20-35(30(37)27(21(2)3)34-31(38)40-32(6,7)8)28(26-22(4)14-13-15-23(26)5)29(36)33-24-16-18-25(39-9)19-17-24/h13-19,21,27-28H,10-12,20H2,1-9H3,(H,33,36)(H,34,38). The number of ether oxygens (including phenoxy) is 2. The van der Waals surface area contributed by atoms with E-state index in [9.17, 15) is 14.4 Å². The van der Waals surface area contributed by atoms with E-state index in [1.807, 2.05) is 45.9 Å². The maximum absolute atomic E-state index is 14.3. The zero-order valence-corrected chi connectivity index (χ0v) is 25.6. The Kier molecular flexibility index (Phi) is 12.0. The van der Waals surface area contributed by atoms with Crippen LogP contribution in [0.1, 0.15) is 83.5 Å². The predicted octanol–water partition coefficient (Wildman–Crippen LogP) is 6.56. The second kappa shape index (κ2) is 14.7. The number of aryl methyl sites for hydroxylation is 2. The van der Waals surface area contributed by atoms with Crippen LogP contribution in [0.2, 0.25) is 0 Å². The molecule has 0 spiro atoms. The quantitative estimate of drug-likeness (QED) is 0.290. The van der Waals surface area contributed by atoms with Crippen molar-refractivity contribution in [2.75, 3.05) is 19.0 Å². The van der Waals surface area contributed by atoms with Gasteiger partial charge >= 0.3 is 6.09 Å². The van der Waals surface area contributed by atoms with Crippen molar-refractivity contribution in [3.05, 3.63) is 59.2 Å². The van der Waals surface area contributed by atoms with Gasteiger partial charge in [-0.2, -0.15) is 0 Å². The van der Waals surface area contributed by atoms with E-state index in [4.69, 9.17) is 9.47 Å². The van der Waals surface area contributed by atoms with Crippen LogP contribution in [-0.4, -0.2) is 48.1 Å². The molecule has 0 saturated heterocycles. The first-order valence-electron chi connectivity index (χ1n) is 14.1. The molecule has 2 atom stereocenters. The number of amides is 3. The fourth-order valence-corrected chi connectivity index (χ4v) is 4.60. The summed E-state index contributed by atoms with van der Waals surface area (Å²) in [6.07, 6.45) is 1.91. The molecular weight excluding hydrogens is 506 g/mol. The lowest BCUT2D eigenvalue weighted by molar-refractivity contribution is -0.141. The molecule has 0 heterocycles. The molecule has 0 radical (unpaired) electrons. The molecule has 0 fully saturated rings. The van der Waals surface area contributed by atoms with E-state index in [1.54, 1.807) is 57.0 Å². The highest BCUT2D eigenvalue weighted by Crippen LogP contribution is 2.31. The van der Waals surface area contributed by atoms with Gasteiger partial charge in [-0.05, 0) is 87.9 Å². The third-order valence-corrected chi connectivity index (χ3v) is 6.62. The summed E-state index contributed by atoms with van der Waals surface area (Å²) in [5, 5.41) is 5.79. The Hall–Kier alpha value is -3.55. The maximum Gasteiger partial charge on any atom is 0.408 e. The van der Waals surface area contributed by atoms with Gasteiger partial charge in [-0.25, -0.2) is 4.79 Å². The molecule has 2 aromatic carbocycles. The molecule has 8 nitrogen and oxygen atoms in total. The van der Waals surface area contributed by atoms with Crippen molar-refractivity contribution >= 4 is 23.6 Å². The van der Waals surface area contributed by atoms with Crippen molar-refractivity contribution in [1.82, 2.24) is 10.2 Å². The molecule has 220 valence electrons. The van der Waals surface area contributed by atoms with Crippen LogP contribution < -0.4 is 15.4 Å². The van der Waals surface area contributed by atoms with Crippen LogP contribution in [0.5, 0.6) is 5.75 Å². The predicted molar refractivity (Wildman–Crippen MR) is 160 cm³/mol. The Morgan fingerprint density at radius 1 is 0.950 bits per heavy atom. The topological polar surface area (TPSA) is 97.0 Å². The third-order valence-electron chi connectivity index (χ3n) is 6.62. The van der Waals surface area contributed by atoms with Crippen molar-refractivity contribution in [3.63, 3.8) is 0 Å². The van der Waals surface area contributed by atoms with Gasteiger partial charge in [0.2, 0.25) is 5.91 Å². The number of alkyl carbamates (subject to hydrolysis) is 1. The Balaban J connectivity index is 2.58. The molecule has 2 N–H and O–H groups in total. The Labute approximate surface area is 239 Å². The van der Waals surface area contributed by atoms with Gasteiger partial charge < -0.3 is 25.0 Å². The van der Waals surface area contributed by atoms with E-state index in [-0.39, 0.29) is 17.7 Å². The van der Waals surface area contributed by atoms with Gasteiger partial charge in [0.15, 0.2) is 0 Å². The molecule has 2 aromatic rings. The summed E-state index contributed by atoms with van der Waals surface area (Å²) in [6.45, 7) is 15.4. The first-order valence-corrected chi connectivity index (χ1v) is 14.1. The van der Waals surface area contributed by atoms with E-state index in [0.29, 0.717) is 18.0 Å². The van der Waals surface area contributed by atoms with E-state index in [0.717, 1.165) is 36.0 Å². The average molecular weight is 554 g/mol. The lowest BCUT2D eigenvalue weighted by atomic mass is 9.92. The van der Waals surface area contributed by atoms with E-state index in [2.05, 4.69) is 17.6 Å². The Morgan fingerprint density at radius 3 is 2.05 bits per heavy atom. The maximum atomic E-state index is 14.3.